The van der Waals surface area contributed by atoms with Gasteiger partial charge in [-0.25, -0.2) is 0 Å². The predicted molar refractivity (Wildman–Crippen MR) is 54.7 cm³/mol. The summed E-state index contributed by atoms with van der Waals surface area (Å²) in [4.78, 5) is 0. The van der Waals surface area contributed by atoms with E-state index in [-0.39, 0.29) is 6.10 Å². The minimum Gasteiger partial charge on any atom is -0.390 e. The van der Waals surface area contributed by atoms with E-state index in [2.05, 4.69) is 13.8 Å². The van der Waals surface area contributed by atoms with Crippen LogP contribution in [0.5, 0.6) is 0 Å². The third kappa shape index (κ3) is 8.22. The van der Waals surface area contributed by atoms with Crippen molar-refractivity contribution in [1.29, 1.82) is 0 Å². The molecule has 0 saturated carbocycles. The zero-order chi connectivity index (χ0) is 10.9. The molecular weight excluding hydrogens is 168 g/mol. The third-order valence-electron chi connectivity index (χ3n) is 1.67. The Morgan fingerprint density at radius 2 is 1.54 bits per heavy atom. The van der Waals surface area contributed by atoms with Crippen molar-refractivity contribution in [3.05, 3.63) is 0 Å². The minimum absolute atomic E-state index is 0.296. The fourth-order valence-corrected chi connectivity index (χ4v) is 0.694. The van der Waals surface area contributed by atoms with E-state index in [4.69, 9.17) is 9.84 Å². The topological polar surface area (TPSA) is 49.7 Å². The Labute approximate surface area is 81.7 Å². The third-order valence-corrected chi connectivity index (χ3v) is 1.67. The van der Waals surface area contributed by atoms with Gasteiger partial charge in [0, 0.05) is 7.11 Å². The van der Waals surface area contributed by atoms with Gasteiger partial charge in [-0.1, -0.05) is 27.2 Å². The van der Waals surface area contributed by atoms with Crippen molar-refractivity contribution >= 4 is 0 Å². The molecule has 0 radical (unpaired) electrons. The summed E-state index contributed by atoms with van der Waals surface area (Å²) >= 11 is 0. The van der Waals surface area contributed by atoms with Gasteiger partial charge in [0.2, 0.25) is 0 Å². The standard InChI is InChI=1S/C7H16O3.C3H8/c1-4-6(8)7(9)5(2)10-3;1-3-2/h5-9H,4H2,1-3H3;3H2,1-2H3. The summed E-state index contributed by atoms with van der Waals surface area (Å²) in [7, 11) is 1.51. The maximum atomic E-state index is 9.21. The lowest BCUT2D eigenvalue weighted by atomic mass is 10.1. The fraction of sp³-hybridized carbons (Fsp3) is 1.00. The summed E-state index contributed by atoms with van der Waals surface area (Å²) < 4.78 is 4.82. The van der Waals surface area contributed by atoms with E-state index < -0.39 is 12.2 Å². The summed E-state index contributed by atoms with van der Waals surface area (Å²) in [6.07, 6.45) is 0.0643. The molecule has 3 nitrogen and oxygen atoms in total. The maximum Gasteiger partial charge on any atom is 0.106 e. The summed E-state index contributed by atoms with van der Waals surface area (Å²) in [5.74, 6) is 0. The van der Waals surface area contributed by atoms with Crippen LogP contribution in [0, 0.1) is 0 Å². The Hall–Kier alpha value is -0.120. The molecule has 0 aliphatic carbocycles. The predicted octanol–water partition coefficient (Wildman–Crippen LogP) is 1.57. The highest BCUT2D eigenvalue weighted by molar-refractivity contribution is 4.71. The Morgan fingerprint density at radius 1 is 1.15 bits per heavy atom. The molecule has 0 spiro atoms. The second-order valence-electron chi connectivity index (χ2n) is 3.11. The first-order chi connectivity index (χ1) is 6.04. The average molecular weight is 192 g/mol. The van der Waals surface area contributed by atoms with E-state index >= 15 is 0 Å². The molecule has 0 bridgehead atoms. The number of methoxy groups -OCH3 is 1. The van der Waals surface area contributed by atoms with E-state index in [9.17, 15) is 5.11 Å². The largest absolute Gasteiger partial charge is 0.390 e. The molecule has 3 heteroatoms. The van der Waals surface area contributed by atoms with Crippen LogP contribution in [-0.4, -0.2) is 35.6 Å². The summed E-state index contributed by atoms with van der Waals surface area (Å²) in [6, 6.07) is 0. The van der Waals surface area contributed by atoms with Gasteiger partial charge in [-0.3, -0.25) is 0 Å². The highest BCUT2D eigenvalue weighted by Crippen LogP contribution is 2.05. The van der Waals surface area contributed by atoms with Gasteiger partial charge in [-0.05, 0) is 13.3 Å². The van der Waals surface area contributed by atoms with Gasteiger partial charge in [-0.15, -0.1) is 0 Å². The van der Waals surface area contributed by atoms with Crippen molar-refractivity contribution in [1.82, 2.24) is 0 Å². The number of hydrogen-bond acceptors (Lipinski definition) is 3. The van der Waals surface area contributed by atoms with E-state index in [1.165, 1.54) is 13.5 Å². The molecule has 3 unspecified atom stereocenters. The second-order valence-corrected chi connectivity index (χ2v) is 3.11. The average Bonchev–Trinajstić information content (AvgIpc) is 2.15. The van der Waals surface area contributed by atoms with Crippen LogP contribution in [0.25, 0.3) is 0 Å². The van der Waals surface area contributed by atoms with Gasteiger partial charge in [0.05, 0.1) is 12.2 Å². The van der Waals surface area contributed by atoms with Crippen LogP contribution in [0.1, 0.15) is 40.5 Å². The molecule has 0 fully saturated rings. The second kappa shape index (κ2) is 9.96. The number of aliphatic hydroxyl groups excluding tert-OH is 2. The molecule has 13 heavy (non-hydrogen) atoms. The minimum atomic E-state index is -0.769. The first-order valence-electron chi connectivity index (χ1n) is 4.93. The molecule has 0 aliphatic heterocycles. The van der Waals surface area contributed by atoms with Gasteiger partial charge >= 0.3 is 0 Å². The maximum absolute atomic E-state index is 9.21. The molecule has 3 atom stereocenters. The molecule has 0 saturated heterocycles. The zero-order valence-corrected chi connectivity index (χ0v) is 9.45. The number of ether oxygens (including phenoxy) is 1. The molecule has 0 aromatic heterocycles. The van der Waals surface area contributed by atoms with Gasteiger partial charge in [0.15, 0.2) is 0 Å². The molecule has 0 heterocycles. The molecule has 82 valence electrons. The van der Waals surface area contributed by atoms with Crippen LogP contribution >= 0.6 is 0 Å². The normalized spacial score (nSPS) is 16.8. The lowest BCUT2D eigenvalue weighted by Gasteiger charge is -2.21. The summed E-state index contributed by atoms with van der Waals surface area (Å²) in [5.41, 5.74) is 0. The highest BCUT2D eigenvalue weighted by atomic mass is 16.5. The van der Waals surface area contributed by atoms with Crippen LogP contribution in [-0.2, 0) is 4.74 Å². The molecule has 0 aliphatic rings. The molecule has 2 N–H and O–H groups in total. The Bertz CT molecular complexity index is 86.2. The van der Waals surface area contributed by atoms with E-state index in [1.807, 2.05) is 6.92 Å². The van der Waals surface area contributed by atoms with Crippen LogP contribution in [0.3, 0.4) is 0 Å². The Morgan fingerprint density at radius 3 is 1.77 bits per heavy atom. The quantitative estimate of drug-likeness (QED) is 0.711. The van der Waals surface area contributed by atoms with Crippen molar-refractivity contribution < 1.29 is 14.9 Å². The van der Waals surface area contributed by atoms with Crippen LogP contribution < -0.4 is 0 Å². The first kappa shape index (κ1) is 15.4. The SMILES string of the molecule is CCC.CCC(O)C(O)C(C)OC. The van der Waals surface area contributed by atoms with Gasteiger partial charge < -0.3 is 14.9 Å². The van der Waals surface area contributed by atoms with Crippen molar-refractivity contribution in [3.63, 3.8) is 0 Å². The molecule has 0 aromatic carbocycles. The van der Waals surface area contributed by atoms with Gasteiger partial charge in [0.25, 0.3) is 0 Å². The lowest BCUT2D eigenvalue weighted by molar-refractivity contribution is -0.0682. The van der Waals surface area contributed by atoms with Gasteiger partial charge in [-0.2, -0.15) is 0 Å². The van der Waals surface area contributed by atoms with Crippen molar-refractivity contribution in [2.24, 2.45) is 0 Å². The van der Waals surface area contributed by atoms with E-state index in [0.29, 0.717) is 6.42 Å². The first-order valence-corrected chi connectivity index (χ1v) is 4.93. The van der Waals surface area contributed by atoms with E-state index in [0.717, 1.165) is 0 Å². The zero-order valence-electron chi connectivity index (χ0n) is 9.45. The lowest BCUT2D eigenvalue weighted by Crippen LogP contribution is -2.36. The van der Waals surface area contributed by atoms with Gasteiger partial charge in [0.1, 0.15) is 6.10 Å². The number of rotatable bonds is 4. The van der Waals surface area contributed by atoms with Crippen LogP contribution in [0.15, 0.2) is 0 Å². The summed E-state index contributed by atoms with van der Waals surface area (Å²) in [6.45, 7) is 7.79. The van der Waals surface area contributed by atoms with E-state index in [1.54, 1.807) is 6.92 Å². The van der Waals surface area contributed by atoms with Crippen molar-refractivity contribution in [2.75, 3.05) is 7.11 Å². The van der Waals surface area contributed by atoms with Crippen molar-refractivity contribution in [2.45, 2.75) is 58.8 Å². The highest BCUT2D eigenvalue weighted by Gasteiger charge is 2.20. The smallest absolute Gasteiger partial charge is 0.106 e. The van der Waals surface area contributed by atoms with Crippen LogP contribution in [0.4, 0.5) is 0 Å². The molecular formula is C10H24O3. The molecule has 0 rings (SSSR count). The van der Waals surface area contributed by atoms with Crippen molar-refractivity contribution in [3.8, 4) is 0 Å². The molecule has 0 amide bonds. The van der Waals surface area contributed by atoms with Crippen LogP contribution in [0.2, 0.25) is 0 Å². The molecule has 0 aromatic rings. The Kier molecular flexibility index (Phi) is 11.8. The fourth-order valence-electron chi connectivity index (χ4n) is 0.694. The summed E-state index contributed by atoms with van der Waals surface area (Å²) in [5, 5.41) is 18.3. The monoisotopic (exact) mass is 192 g/mol. The Balaban J connectivity index is 0. The number of hydrogen-bond donors (Lipinski definition) is 2. The number of aliphatic hydroxyl groups is 2.